The van der Waals surface area contributed by atoms with Gasteiger partial charge in [0.15, 0.2) is 5.96 Å². The molecule has 0 radical (unpaired) electrons. The van der Waals surface area contributed by atoms with Crippen LogP contribution in [0.15, 0.2) is 76.5 Å². The van der Waals surface area contributed by atoms with E-state index in [1.54, 1.807) is 30.1 Å². The molecule has 0 saturated carbocycles. The first kappa shape index (κ1) is 24.4. The van der Waals surface area contributed by atoms with Crippen molar-refractivity contribution in [2.24, 2.45) is 4.99 Å². The maximum Gasteiger partial charge on any atom is 0.226 e. The summed E-state index contributed by atoms with van der Waals surface area (Å²) in [6.07, 6.45) is 4.24. The minimum absolute atomic E-state index is 0. The molecule has 2 N–H and O–H groups in total. The molecule has 2 aromatic carbocycles. The van der Waals surface area contributed by atoms with E-state index in [9.17, 15) is 4.39 Å². The fraction of sp³-hybridized carbons (Fsp3) is 0.208. The van der Waals surface area contributed by atoms with Gasteiger partial charge in [-0.15, -0.1) is 24.0 Å². The molecule has 2 heterocycles. The second-order valence-corrected chi connectivity index (χ2v) is 7.34. The van der Waals surface area contributed by atoms with Crippen molar-refractivity contribution in [1.82, 2.24) is 25.4 Å². The molecule has 4 rings (SSSR count). The number of hydrogen-bond acceptors (Lipinski definition) is 4. The summed E-state index contributed by atoms with van der Waals surface area (Å²) in [5.41, 5.74) is 4.68. The number of oxazole rings is 1. The molecule has 0 spiro atoms. The molecule has 33 heavy (non-hydrogen) atoms. The Morgan fingerprint density at radius 3 is 2.52 bits per heavy atom. The number of rotatable bonds is 7. The molecule has 7 nitrogen and oxygen atoms in total. The van der Waals surface area contributed by atoms with E-state index in [1.165, 1.54) is 17.7 Å². The predicted octanol–water partition coefficient (Wildman–Crippen LogP) is 4.50. The average Bonchev–Trinajstić information content (AvgIpc) is 3.47. The fourth-order valence-corrected chi connectivity index (χ4v) is 3.15. The van der Waals surface area contributed by atoms with Crippen LogP contribution in [0.25, 0.3) is 17.1 Å². The third kappa shape index (κ3) is 6.64. The van der Waals surface area contributed by atoms with Gasteiger partial charge in [0.25, 0.3) is 0 Å². The van der Waals surface area contributed by atoms with Gasteiger partial charge in [-0.2, -0.15) is 5.10 Å². The zero-order chi connectivity index (χ0) is 22.3. The topological polar surface area (TPSA) is 80.3 Å². The number of aliphatic imine (C=N–C) groups is 1. The molecule has 2 aromatic heterocycles. The molecular formula is C24H26FIN6O. The lowest BCUT2D eigenvalue weighted by atomic mass is 10.1. The molecule has 0 saturated heterocycles. The highest BCUT2D eigenvalue weighted by Gasteiger charge is 2.08. The minimum atomic E-state index is -0.263. The normalized spacial score (nSPS) is 11.2. The number of nitrogens with zero attached hydrogens (tertiary/aromatic N) is 4. The van der Waals surface area contributed by atoms with Crippen LogP contribution in [0, 0.1) is 12.7 Å². The van der Waals surface area contributed by atoms with Crippen LogP contribution >= 0.6 is 24.0 Å². The number of aromatic nitrogens is 3. The Kier molecular flexibility index (Phi) is 8.58. The predicted molar refractivity (Wildman–Crippen MR) is 138 cm³/mol. The minimum Gasteiger partial charge on any atom is -0.444 e. The van der Waals surface area contributed by atoms with E-state index in [-0.39, 0.29) is 29.8 Å². The van der Waals surface area contributed by atoms with Crippen molar-refractivity contribution in [3.8, 4) is 17.1 Å². The van der Waals surface area contributed by atoms with Crippen molar-refractivity contribution in [3.63, 3.8) is 0 Å². The molecule has 4 aromatic rings. The lowest BCUT2D eigenvalue weighted by molar-refractivity contribution is 0.572. The zero-order valence-corrected chi connectivity index (χ0v) is 20.8. The van der Waals surface area contributed by atoms with Gasteiger partial charge < -0.3 is 15.1 Å². The van der Waals surface area contributed by atoms with Crippen LogP contribution in [0.4, 0.5) is 4.39 Å². The molecular weight excluding hydrogens is 534 g/mol. The van der Waals surface area contributed by atoms with Crippen LogP contribution in [0.1, 0.15) is 17.0 Å². The summed E-state index contributed by atoms with van der Waals surface area (Å²) in [4.78, 5) is 8.78. The number of benzene rings is 2. The fourth-order valence-electron chi connectivity index (χ4n) is 3.15. The van der Waals surface area contributed by atoms with E-state index in [2.05, 4.69) is 25.7 Å². The van der Waals surface area contributed by atoms with Gasteiger partial charge in [0.2, 0.25) is 5.89 Å². The molecule has 0 bridgehead atoms. The van der Waals surface area contributed by atoms with E-state index in [0.29, 0.717) is 24.9 Å². The lowest BCUT2D eigenvalue weighted by Gasteiger charge is -2.10. The standard InChI is InChI=1S/C24H25FN6O.HI/c1-17-3-5-18(6-4-17)23-29-21(16-32-23)15-28-24(26-2)27-13-11-20-12-14-31(30-20)22-9-7-19(25)8-10-22;/h3-10,12,14,16H,11,13,15H2,1-2H3,(H2,26,27,28);1H. The van der Waals surface area contributed by atoms with E-state index in [4.69, 9.17) is 4.42 Å². The second kappa shape index (κ2) is 11.6. The SMILES string of the molecule is CN=C(NCCc1ccn(-c2ccc(F)cc2)n1)NCc1coc(-c2ccc(C)cc2)n1.I. The van der Waals surface area contributed by atoms with Crippen molar-refractivity contribution in [2.45, 2.75) is 19.9 Å². The maximum absolute atomic E-state index is 13.1. The summed E-state index contributed by atoms with van der Waals surface area (Å²) < 4.78 is 20.4. The zero-order valence-electron chi connectivity index (χ0n) is 18.5. The molecule has 0 aliphatic rings. The van der Waals surface area contributed by atoms with Crippen molar-refractivity contribution >= 4 is 29.9 Å². The summed E-state index contributed by atoms with van der Waals surface area (Å²) in [6, 6.07) is 16.3. The van der Waals surface area contributed by atoms with Gasteiger partial charge in [-0.05, 0) is 49.4 Å². The summed E-state index contributed by atoms with van der Waals surface area (Å²) >= 11 is 0. The summed E-state index contributed by atoms with van der Waals surface area (Å²) in [5.74, 6) is 1.01. The number of guanidine groups is 1. The van der Waals surface area contributed by atoms with Crippen molar-refractivity contribution in [2.75, 3.05) is 13.6 Å². The molecule has 0 unspecified atom stereocenters. The number of nitrogens with one attached hydrogen (secondary N) is 2. The van der Waals surface area contributed by atoms with Gasteiger partial charge in [-0.25, -0.2) is 14.1 Å². The van der Waals surface area contributed by atoms with Crippen LogP contribution in [-0.4, -0.2) is 34.3 Å². The first-order valence-electron chi connectivity index (χ1n) is 10.4. The Labute approximate surface area is 209 Å². The van der Waals surface area contributed by atoms with Gasteiger partial charge in [0.05, 0.1) is 23.6 Å². The maximum atomic E-state index is 13.1. The van der Waals surface area contributed by atoms with Crippen LogP contribution < -0.4 is 10.6 Å². The molecule has 9 heteroatoms. The van der Waals surface area contributed by atoms with Crippen molar-refractivity contribution in [3.05, 3.63) is 89.8 Å². The third-order valence-electron chi connectivity index (χ3n) is 4.92. The summed E-state index contributed by atoms with van der Waals surface area (Å²) in [7, 11) is 1.72. The van der Waals surface area contributed by atoms with Gasteiger partial charge in [0, 0.05) is 31.8 Å². The van der Waals surface area contributed by atoms with Crippen LogP contribution in [0.3, 0.4) is 0 Å². The number of aryl methyl sites for hydroxylation is 1. The monoisotopic (exact) mass is 560 g/mol. The molecule has 0 fully saturated rings. The molecule has 0 aliphatic heterocycles. The van der Waals surface area contributed by atoms with E-state index >= 15 is 0 Å². The van der Waals surface area contributed by atoms with Gasteiger partial charge >= 0.3 is 0 Å². The van der Waals surface area contributed by atoms with Crippen LogP contribution in [0.5, 0.6) is 0 Å². The molecule has 0 atom stereocenters. The highest BCUT2D eigenvalue weighted by molar-refractivity contribution is 14.0. The quantitative estimate of drug-likeness (QED) is 0.198. The Bertz CT molecular complexity index is 1180. The van der Waals surface area contributed by atoms with Gasteiger partial charge in [0.1, 0.15) is 12.1 Å². The first-order chi connectivity index (χ1) is 15.6. The molecule has 0 aliphatic carbocycles. The largest absolute Gasteiger partial charge is 0.444 e. The Balaban J connectivity index is 0.00000306. The highest BCUT2D eigenvalue weighted by atomic mass is 127. The van der Waals surface area contributed by atoms with Crippen molar-refractivity contribution in [1.29, 1.82) is 0 Å². The van der Waals surface area contributed by atoms with Gasteiger partial charge in [-0.1, -0.05) is 17.7 Å². The van der Waals surface area contributed by atoms with Crippen molar-refractivity contribution < 1.29 is 8.81 Å². The molecule has 0 amide bonds. The lowest BCUT2D eigenvalue weighted by Crippen LogP contribution is -2.38. The second-order valence-electron chi connectivity index (χ2n) is 7.34. The Morgan fingerprint density at radius 1 is 1.03 bits per heavy atom. The third-order valence-corrected chi connectivity index (χ3v) is 4.92. The number of halogens is 2. The average molecular weight is 560 g/mol. The Hall–Kier alpha value is -3.21. The smallest absolute Gasteiger partial charge is 0.226 e. The summed E-state index contributed by atoms with van der Waals surface area (Å²) in [5, 5.41) is 11.0. The van der Waals surface area contributed by atoms with Gasteiger partial charge in [-0.3, -0.25) is 4.99 Å². The van der Waals surface area contributed by atoms with Crippen LogP contribution in [0.2, 0.25) is 0 Å². The van der Waals surface area contributed by atoms with Crippen LogP contribution in [-0.2, 0) is 13.0 Å². The Morgan fingerprint density at radius 2 is 1.79 bits per heavy atom. The van der Waals surface area contributed by atoms with E-state index in [0.717, 1.165) is 29.1 Å². The number of hydrogen-bond donors (Lipinski definition) is 2. The van der Waals surface area contributed by atoms with E-state index < -0.39 is 0 Å². The molecule has 172 valence electrons. The summed E-state index contributed by atoms with van der Waals surface area (Å²) in [6.45, 7) is 3.20. The highest BCUT2D eigenvalue weighted by Crippen LogP contribution is 2.19. The van der Waals surface area contributed by atoms with E-state index in [1.807, 2.05) is 43.5 Å². The first-order valence-corrected chi connectivity index (χ1v) is 10.4.